The average molecular weight is 477 g/mol. The van der Waals surface area contributed by atoms with Gasteiger partial charge in [-0.05, 0) is 61.0 Å². The number of unbranched alkanes of at least 4 members (excludes halogenated alkanes) is 1. The molecule has 9 nitrogen and oxygen atoms in total. The first-order valence-corrected chi connectivity index (χ1v) is 11.4. The molecule has 0 fully saturated rings. The van der Waals surface area contributed by atoms with E-state index < -0.39 is 10.9 Å². The number of carbonyl (C=O) groups is 1. The van der Waals surface area contributed by atoms with Gasteiger partial charge in [-0.25, -0.2) is 9.78 Å². The van der Waals surface area contributed by atoms with Crippen LogP contribution in [0.2, 0.25) is 0 Å². The number of rotatable bonds is 9. The maximum Gasteiger partial charge on any atom is 0.343 e. The Balaban J connectivity index is 1.36. The van der Waals surface area contributed by atoms with Crippen LogP contribution in [0.3, 0.4) is 0 Å². The first-order valence-electron chi connectivity index (χ1n) is 10.5. The molecule has 0 atom stereocenters. The summed E-state index contributed by atoms with van der Waals surface area (Å²) in [4.78, 5) is 27.1. The van der Waals surface area contributed by atoms with E-state index in [1.807, 2.05) is 0 Å². The highest BCUT2D eigenvalue weighted by Crippen LogP contribution is 2.32. The van der Waals surface area contributed by atoms with Crippen molar-refractivity contribution in [1.82, 2.24) is 4.98 Å². The van der Waals surface area contributed by atoms with Crippen LogP contribution in [0.5, 0.6) is 11.5 Å². The normalized spacial score (nSPS) is 11.1. The number of nitrogens with zero attached hydrogens (tertiary/aromatic N) is 4. The lowest BCUT2D eigenvalue weighted by Crippen LogP contribution is -2.08. The molecule has 0 saturated heterocycles. The van der Waals surface area contributed by atoms with E-state index in [1.54, 1.807) is 54.6 Å². The Kier molecular flexibility index (Phi) is 7.19. The molecule has 1 aromatic heterocycles. The van der Waals surface area contributed by atoms with Crippen molar-refractivity contribution < 1.29 is 19.2 Å². The van der Waals surface area contributed by atoms with Gasteiger partial charge in [0.1, 0.15) is 11.5 Å². The van der Waals surface area contributed by atoms with E-state index in [0.29, 0.717) is 44.7 Å². The van der Waals surface area contributed by atoms with Gasteiger partial charge in [0.05, 0.1) is 33.0 Å². The number of azo groups is 1. The summed E-state index contributed by atoms with van der Waals surface area (Å²) in [6.07, 6.45) is 2.03. The molecule has 0 amide bonds. The molecule has 0 radical (unpaired) electrons. The Morgan fingerprint density at radius 1 is 1.03 bits per heavy atom. The van der Waals surface area contributed by atoms with Crippen molar-refractivity contribution in [2.45, 2.75) is 19.8 Å². The molecule has 0 saturated carbocycles. The minimum atomic E-state index is -0.474. The topological polar surface area (TPSA) is 116 Å². The molecule has 172 valence electrons. The van der Waals surface area contributed by atoms with E-state index in [0.717, 1.165) is 12.8 Å². The lowest BCUT2D eigenvalue weighted by atomic mass is 10.2. The van der Waals surface area contributed by atoms with Gasteiger partial charge in [0.2, 0.25) is 5.13 Å². The monoisotopic (exact) mass is 476 g/mol. The van der Waals surface area contributed by atoms with Gasteiger partial charge in [-0.1, -0.05) is 24.7 Å². The number of aromatic nitrogens is 1. The van der Waals surface area contributed by atoms with Crippen LogP contribution in [0.25, 0.3) is 10.2 Å². The van der Waals surface area contributed by atoms with Crippen molar-refractivity contribution in [2.75, 3.05) is 6.61 Å². The number of non-ortho nitro benzene ring substituents is 1. The van der Waals surface area contributed by atoms with Crippen LogP contribution in [0.15, 0.2) is 77.0 Å². The molecule has 0 spiro atoms. The number of ether oxygens (including phenoxy) is 2. The standard InChI is InChI=1S/C24H20N4O5S/c1-2-3-14-32-19-9-4-16(5-10-19)23(29)33-20-11-6-17(7-12-20)26-27-24-25-21-13-8-18(28(30)31)15-22(21)34-24/h4-13,15H,2-3,14H2,1H3. The Bertz CT molecular complexity index is 1330. The fraction of sp³-hybridized carbons (Fsp3) is 0.167. The number of esters is 1. The zero-order valence-corrected chi connectivity index (χ0v) is 19.0. The van der Waals surface area contributed by atoms with E-state index in [2.05, 4.69) is 22.1 Å². The van der Waals surface area contributed by atoms with Gasteiger partial charge in [0.15, 0.2) is 0 Å². The molecule has 0 unspecified atom stereocenters. The Morgan fingerprint density at radius 2 is 1.76 bits per heavy atom. The van der Waals surface area contributed by atoms with Crippen molar-refractivity contribution >= 4 is 44.0 Å². The summed E-state index contributed by atoms with van der Waals surface area (Å²) in [5, 5.41) is 19.5. The maximum atomic E-state index is 12.4. The van der Waals surface area contributed by atoms with E-state index in [-0.39, 0.29) is 5.69 Å². The van der Waals surface area contributed by atoms with Gasteiger partial charge < -0.3 is 9.47 Å². The number of nitro benzene ring substituents is 1. The number of fused-ring (bicyclic) bond motifs is 1. The summed E-state index contributed by atoms with van der Waals surface area (Å²) in [7, 11) is 0. The Hall–Kier alpha value is -4.18. The van der Waals surface area contributed by atoms with Crippen LogP contribution in [0, 0.1) is 10.1 Å². The van der Waals surface area contributed by atoms with Crippen molar-refractivity contribution in [1.29, 1.82) is 0 Å². The largest absolute Gasteiger partial charge is 0.494 e. The van der Waals surface area contributed by atoms with Crippen LogP contribution >= 0.6 is 11.3 Å². The molecular formula is C24H20N4O5S. The van der Waals surface area contributed by atoms with Crippen LogP contribution in [0.4, 0.5) is 16.5 Å². The molecular weight excluding hydrogens is 456 g/mol. The number of carbonyl (C=O) groups excluding carboxylic acids is 1. The Morgan fingerprint density at radius 3 is 2.47 bits per heavy atom. The molecule has 4 aromatic rings. The van der Waals surface area contributed by atoms with E-state index in [4.69, 9.17) is 9.47 Å². The lowest BCUT2D eigenvalue weighted by molar-refractivity contribution is -0.384. The molecule has 34 heavy (non-hydrogen) atoms. The first kappa shape index (κ1) is 23.0. The van der Waals surface area contributed by atoms with Crippen LogP contribution < -0.4 is 9.47 Å². The second kappa shape index (κ2) is 10.6. The second-order valence-electron chi connectivity index (χ2n) is 7.22. The Labute approximate surface area is 198 Å². The summed E-state index contributed by atoms with van der Waals surface area (Å²) in [6.45, 7) is 2.74. The summed E-state index contributed by atoms with van der Waals surface area (Å²) in [5.74, 6) is 0.614. The third-order valence-electron chi connectivity index (χ3n) is 4.73. The summed E-state index contributed by atoms with van der Waals surface area (Å²) in [5.41, 5.74) is 1.58. The minimum Gasteiger partial charge on any atom is -0.494 e. The van der Waals surface area contributed by atoms with Gasteiger partial charge in [-0.2, -0.15) is 0 Å². The fourth-order valence-electron chi connectivity index (χ4n) is 2.93. The highest BCUT2D eigenvalue weighted by atomic mass is 32.1. The first-order chi connectivity index (χ1) is 16.5. The minimum absolute atomic E-state index is 0.000949. The second-order valence-corrected chi connectivity index (χ2v) is 8.22. The van der Waals surface area contributed by atoms with E-state index in [9.17, 15) is 14.9 Å². The summed E-state index contributed by atoms with van der Waals surface area (Å²) < 4.78 is 11.7. The zero-order chi connectivity index (χ0) is 23.9. The molecule has 0 bridgehead atoms. The van der Waals surface area contributed by atoms with Crippen LogP contribution in [-0.4, -0.2) is 22.5 Å². The van der Waals surface area contributed by atoms with Crippen molar-refractivity contribution in [2.24, 2.45) is 10.2 Å². The SMILES string of the molecule is CCCCOc1ccc(C(=O)Oc2ccc(N=Nc3nc4ccc([N+](=O)[O-])cc4s3)cc2)cc1. The number of nitro groups is 1. The third-order valence-corrected chi connectivity index (χ3v) is 5.63. The van der Waals surface area contributed by atoms with Crippen molar-refractivity contribution in [3.63, 3.8) is 0 Å². The lowest BCUT2D eigenvalue weighted by Gasteiger charge is -2.07. The number of thiazole rings is 1. The van der Waals surface area contributed by atoms with Gasteiger partial charge in [0.25, 0.3) is 5.69 Å². The molecule has 0 aliphatic heterocycles. The van der Waals surface area contributed by atoms with Crippen LogP contribution in [-0.2, 0) is 0 Å². The molecule has 0 aliphatic rings. The van der Waals surface area contributed by atoms with Crippen molar-refractivity contribution in [3.8, 4) is 11.5 Å². The predicted molar refractivity (Wildman–Crippen MR) is 129 cm³/mol. The highest BCUT2D eigenvalue weighted by molar-refractivity contribution is 7.21. The average Bonchev–Trinajstić information content (AvgIpc) is 3.26. The summed E-state index contributed by atoms with van der Waals surface area (Å²) in [6, 6.07) is 17.8. The van der Waals surface area contributed by atoms with Crippen molar-refractivity contribution in [3.05, 3.63) is 82.4 Å². The molecule has 0 aliphatic carbocycles. The zero-order valence-electron chi connectivity index (χ0n) is 18.2. The van der Waals surface area contributed by atoms with Gasteiger partial charge in [-0.15, -0.1) is 10.2 Å². The number of hydrogen-bond donors (Lipinski definition) is 0. The number of benzene rings is 3. The van der Waals surface area contributed by atoms with Gasteiger partial charge in [-0.3, -0.25) is 10.1 Å². The van der Waals surface area contributed by atoms with E-state index in [1.165, 1.54) is 23.5 Å². The molecule has 1 heterocycles. The molecule has 10 heteroatoms. The number of hydrogen-bond acceptors (Lipinski definition) is 9. The predicted octanol–water partition coefficient (Wildman–Crippen LogP) is 7.02. The van der Waals surface area contributed by atoms with Crippen LogP contribution in [0.1, 0.15) is 30.1 Å². The fourth-order valence-corrected chi connectivity index (χ4v) is 3.75. The molecule has 3 aromatic carbocycles. The van der Waals surface area contributed by atoms with Gasteiger partial charge in [0, 0.05) is 12.1 Å². The highest BCUT2D eigenvalue weighted by Gasteiger charge is 2.11. The molecule has 0 N–H and O–H groups in total. The smallest absolute Gasteiger partial charge is 0.343 e. The maximum absolute atomic E-state index is 12.4. The third kappa shape index (κ3) is 5.78. The van der Waals surface area contributed by atoms with E-state index >= 15 is 0 Å². The quantitative estimate of drug-likeness (QED) is 0.0640. The molecule has 4 rings (SSSR count). The summed E-state index contributed by atoms with van der Waals surface area (Å²) >= 11 is 1.21. The van der Waals surface area contributed by atoms with Gasteiger partial charge >= 0.3 is 5.97 Å².